The Bertz CT molecular complexity index is 1030. The van der Waals surface area contributed by atoms with Gasteiger partial charge in [-0.15, -0.1) is 0 Å². The number of benzene rings is 2. The zero-order valence-electron chi connectivity index (χ0n) is 17.1. The van der Waals surface area contributed by atoms with Crippen molar-refractivity contribution in [2.24, 2.45) is 11.8 Å². The molecule has 160 valence electrons. The van der Waals surface area contributed by atoms with Crippen molar-refractivity contribution in [1.29, 1.82) is 0 Å². The third-order valence-electron chi connectivity index (χ3n) is 5.36. The van der Waals surface area contributed by atoms with E-state index in [0.717, 1.165) is 19.5 Å². The number of likely N-dealkylation sites (tertiary alicyclic amines) is 1. The zero-order valence-corrected chi connectivity index (χ0v) is 17.9. The van der Waals surface area contributed by atoms with Gasteiger partial charge in [0.25, 0.3) is 15.9 Å². The van der Waals surface area contributed by atoms with Gasteiger partial charge in [-0.25, -0.2) is 8.42 Å². The van der Waals surface area contributed by atoms with Gasteiger partial charge in [-0.3, -0.25) is 9.52 Å². The third kappa shape index (κ3) is 4.38. The minimum Gasteiger partial charge on any atom is -0.486 e. The van der Waals surface area contributed by atoms with Gasteiger partial charge in [0, 0.05) is 30.4 Å². The van der Waals surface area contributed by atoms with Crippen LogP contribution in [-0.2, 0) is 10.0 Å². The number of carbonyl (C=O) groups excluding carboxylic acids is 1. The lowest BCUT2D eigenvalue weighted by Crippen LogP contribution is -2.42. The van der Waals surface area contributed by atoms with E-state index in [-0.39, 0.29) is 10.8 Å². The summed E-state index contributed by atoms with van der Waals surface area (Å²) in [4.78, 5) is 14.8. The Hall–Kier alpha value is -2.74. The second-order valence-corrected chi connectivity index (χ2v) is 9.83. The fourth-order valence-electron chi connectivity index (χ4n) is 4.10. The molecule has 0 aromatic heterocycles. The minimum absolute atomic E-state index is 0.0188. The molecule has 2 aliphatic rings. The Kier molecular flexibility index (Phi) is 5.60. The average Bonchev–Trinajstić information content (AvgIpc) is 2.72. The summed E-state index contributed by atoms with van der Waals surface area (Å²) in [5.41, 5.74) is 0.945. The van der Waals surface area contributed by atoms with Crippen molar-refractivity contribution in [3.63, 3.8) is 0 Å². The Labute approximate surface area is 177 Å². The van der Waals surface area contributed by atoms with Crippen LogP contribution in [0.4, 0.5) is 5.69 Å². The monoisotopic (exact) mass is 430 g/mol. The molecule has 0 bridgehead atoms. The van der Waals surface area contributed by atoms with Crippen LogP contribution in [0.2, 0.25) is 0 Å². The number of sulfonamides is 1. The molecule has 0 radical (unpaired) electrons. The van der Waals surface area contributed by atoms with Crippen LogP contribution in [-0.4, -0.2) is 45.5 Å². The van der Waals surface area contributed by atoms with E-state index < -0.39 is 10.0 Å². The average molecular weight is 431 g/mol. The molecule has 0 unspecified atom stereocenters. The molecule has 1 N–H and O–H groups in total. The summed E-state index contributed by atoms with van der Waals surface area (Å²) in [6.45, 7) is 6.65. The molecule has 30 heavy (non-hydrogen) atoms. The van der Waals surface area contributed by atoms with Crippen molar-refractivity contribution in [3.8, 4) is 11.5 Å². The smallest absolute Gasteiger partial charge is 0.262 e. The SMILES string of the molecule is C[C@H]1C[C@H](C)CN(C(=O)c2ccc(NS(=O)(=O)c3ccc4c(c3)OCCO4)cc2)C1. The Morgan fingerprint density at radius 1 is 0.967 bits per heavy atom. The maximum absolute atomic E-state index is 12.8. The molecule has 1 saturated heterocycles. The highest BCUT2D eigenvalue weighted by molar-refractivity contribution is 7.92. The summed E-state index contributed by atoms with van der Waals surface area (Å²) >= 11 is 0. The van der Waals surface area contributed by atoms with Crippen LogP contribution in [0, 0.1) is 11.8 Å². The van der Waals surface area contributed by atoms with Crippen molar-refractivity contribution < 1.29 is 22.7 Å². The number of amides is 1. The number of nitrogens with one attached hydrogen (secondary N) is 1. The largest absolute Gasteiger partial charge is 0.486 e. The molecule has 7 nitrogen and oxygen atoms in total. The van der Waals surface area contributed by atoms with Crippen LogP contribution < -0.4 is 14.2 Å². The van der Waals surface area contributed by atoms with Crippen LogP contribution in [0.5, 0.6) is 11.5 Å². The van der Waals surface area contributed by atoms with Crippen molar-refractivity contribution in [2.75, 3.05) is 31.0 Å². The molecule has 0 saturated carbocycles. The van der Waals surface area contributed by atoms with Gasteiger partial charge < -0.3 is 14.4 Å². The van der Waals surface area contributed by atoms with Crippen molar-refractivity contribution >= 4 is 21.6 Å². The van der Waals surface area contributed by atoms with Gasteiger partial charge in [0.2, 0.25) is 0 Å². The summed E-state index contributed by atoms with van der Waals surface area (Å²) < 4.78 is 38.9. The van der Waals surface area contributed by atoms with Crippen LogP contribution in [0.1, 0.15) is 30.6 Å². The number of anilines is 1. The number of rotatable bonds is 4. The number of ether oxygens (including phenoxy) is 2. The normalized spacial score (nSPS) is 21.2. The number of piperidine rings is 1. The maximum Gasteiger partial charge on any atom is 0.262 e. The van der Waals surface area contributed by atoms with E-state index in [9.17, 15) is 13.2 Å². The quantitative estimate of drug-likeness (QED) is 0.804. The van der Waals surface area contributed by atoms with Crippen LogP contribution in [0.15, 0.2) is 47.4 Å². The van der Waals surface area contributed by atoms with Crippen molar-refractivity contribution in [2.45, 2.75) is 25.2 Å². The van der Waals surface area contributed by atoms with E-state index in [1.54, 1.807) is 30.3 Å². The van der Waals surface area contributed by atoms with Gasteiger partial charge in [0.05, 0.1) is 4.90 Å². The molecule has 1 amide bonds. The first-order valence-corrected chi connectivity index (χ1v) is 11.6. The van der Waals surface area contributed by atoms with Gasteiger partial charge in [0.15, 0.2) is 11.5 Å². The molecule has 2 aromatic carbocycles. The fraction of sp³-hybridized carbons (Fsp3) is 0.409. The first kappa shape index (κ1) is 20.5. The molecule has 2 atom stereocenters. The summed E-state index contributed by atoms with van der Waals surface area (Å²) in [6.07, 6.45) is 1.13. The second-order valence-electron chi connectivity index (χ2n) is 8.14. The van der Waals surface area contributed by atoms with E-state index in [2.05, 4.69) is 18.6 Å². The number of hydrogen-bond donors (Lipinski definition) is 1. The lowest BCUT2D eigenvalue weighted by molar-refractivity contribution is 0.0623. The predicted molar refractivity (Wildman–Crippen MR) is 114 cm³/mol. The third-order valence-corrected chi connectivity index (χ3v) is 6.74. The number of nitrogens with zero attached hydrogens (tertiary/aromatic N) is 1. The number of hydrogen-bond acceptors (Lipinski definition) is 5. The second kappa shape index (κ2) is 8.18. The van der Waals surface area contributed by atoms with Gasteiger partial charge in [-0.05, 0) is 54.7 Å². The van der Waals surface area contributed by atoms with E-state index in [4.69, 9.17) is 9.47 Å². The van der Waals surface area contributed by atoms with Crippen LogP contribution in [0.25, 0.3) is 0 Å². The highest BCUT2D eigenvalue weighted by atomic mass is 32.2. The molecular weight excluding hydrogens is 404 g/mol. The summed E-state index contributed by atoms with van der Waals surface area (Å²) in [5, 5.41) is 0. The Morgan fingerprint density at radius 3 is 2.27 bits per heavy atom. The Balaban J connectivity index is 1.47. The zero-order chi connectivity index (χ0) is 21.3. The maximum atomic E-state index is 12.8. The standard InChI is InChI=1S/C22H26N2O5S/c1-15-11-16(2)14-24(13-15)22(25)17-3-5-18(6-4-17)23-30(26,27)19-7-8-20-21(12-19)29-10-9-28-20/h3-8,12,15-16,23H,9-11,13-14H2,1-2H3/t15-,16-/m0/s1. The number of fused-ring (bicyclic) bond motifs is 1. The summed E-state index contributed by atoms with van der Waals surface area (Å²) in [5.74, 6) is 1.89. The molecule has 0 spiro atoms. The van der Waals surface area contributed by atoms with Crippen LogP contribution in [0.3, 0.4) is 0 Å². The fourth-order valence-corrected chi connectivity index (χ4v) is 5.17. The highest BCUT2D eigenvalue weighted by Crippen LogP contribution is 2.32. The molecule has 1 fully saturated rings. The minimum atomic E-state index is -3.80. The summed E-state index contributed by atoms with van der Waals surface area (Å²) in [7, 11) is -3.80. The lowest BCUT2D eigenvalue weighted by atomic mass is 9.91. The first-order valence-electron chi connectivity index (χ1n) is 10.1. The molecular formula is C22H26N2O5S. The number of carbonyl (C=O) groups is 1. The van der Waals surface area contributed by atoms with Crippen LogP contribution >= 0.6 is 0 Å². The molecule has 4 rings (SSSR count). The molecule has 2 aromatic rings. The summed E-state index contributed by atoms with van der Waals surface area (Å²) in [6, 6.07) is 11.1. The van der Waals surface area contributed by atoms with Crippen molar-refractivity contribution in [3.05, 3.63) is 48.0 Å². The van der Waals surface area contributed by atoms with Crippen molar-refractivity contribution in [1.82, 2.24) is 4.90 Å². The first-order chi connectivity index (χ1) is 14.3. The van der Waals surface area contributed by atoms with Gasteiger partial charge in [-0.1, -0.05) is 13.8 Å². The van der Waals surface area contributed by atoms with Gasteiger partial charge >= 0.3 is 0 Å². The van der Waals surface area contributed by atoms with E-state index in [1.165, 1.54) is 12.1 Å². The van der Waals surface area contributed by atoms with Gasteiger partial charge in [0.1, 0.15) is 13.2 Å². The molecule has 8 heteroatoms. The molecule has 2 heterocycles. The van der Waals surface area contributed by atoms with E-state index in [1.807, 2.05) is 4.90 Å². The molecule has 0 aliphatic carbocycles. The predicted octanol–water partition coefficient (Wildman–Crippen LogP) is 3.38. The molecule has 2 aliphatic heterocycles. The van der Waals surface area contributed by atoms with E-state index >= 15 is 0 Å². The Morgan fingerprint density at radius 2 is 1.60 bits per heavy atom. The topological polar surface area (TPSA) is 84.9 Å². The lowest BCUT2D eigenvalue weighted by Gasteiger charge is -2.35. The van der Waals surface area contributed by atoms with E-state index in [0.29, 0.717) is 47.8 Å². The highest BCUT2D eigenvalue weighted by Gasteiger charge is 2.26. The van der Waals surface area contributed by atoms with Gasteiger partial charge in [-0.2, -0.15) is 0 Å².